The van der Waals surface area contributed by atoms with E-state index in [0.717, 1.165) is 42.6 Å². The summed E-state index contributed by atoms with van der Waals surface area (Å²) in [6, 6.07) is 7.80. The molecule has 1 unspecified atom stereocenters. The van der Waals surface area contributed by atoms with Crippen molar-refractivity contribution in [2.45, 2.75) is 45.4 Å². The van der Waals surface area contributed by atoms with Crippen molar-refractivity contribution >= 4 is 5.78 Å². The van der Waals surface area contributed by atoms with Gasteiger partial charge in [-0.15, -0.1) is 0 Å². The van der Waals surface area contributed by atoms with Gasteiger partial charge in [0.25, 0.3) is 0 Å². The van der Waals surface area contributed by atoms with Crippen molar-refractivity contribution in [3.63, 3.8) is 0 Å². The van der Waals surface area contributed by atoms with Crippen molar-refractivity contribution < 1.29 is 9.53 Å². The minimum atomic E-state index is -0.669. The number of methoxy groups -OCH3 is 1. The fraction of sp³-hybridized carbons (Fsp3) is 0.556. The summed E-state index contributed by atoms with van der Waals surface area (Å²) >= 11 is 0. The van der Waals surface area contributed by atoms with Crippen LogP contribution in [0.15, 0.2) is 18.2 Å². The second-order valence-corrected chi connectivity index (χ2v) is 6.15. The van der Waals surface area contributed by atoms with Gasteiger partial charge in [-0.1, -0.05) is 31.9 Å². The zero-order chi connectivity index (χ0) is 15.4. The monoisotopic (exact) mass is 285 g/mol. The minimum Gasteiger partial charge on any atom is -0.496 e. The van der Waals surface area contributed by atoms with E-state index >= 15 is 0 Å². The number of nitriles is 1. The number of ether oxygens (including phenoxy) is 1. The summed E-state index contributed by atoms with van der Waals surface area (Å²) < 4.78 is 5.30. The Hall–Kier alpha value is -1.82. The summed E-state index contributed by atoms with van der Waals surface area (Å²) in [7, 11) is 1.61. The Labute approximate surface area is 126 Å². The predicted molar refractivity (Wildman–Crippen MR) is 82.2 cm³/mol. The van der Waals surface area contributed by atoms with Crippen molar-refractivity contribution in [3.8, 4) is 11.8 Å². The lowest BCUT2D eigenvalue weighted by atomic mass is 9.76. The van der Waals surface area contributed by atoms with Crippen LogP contribution in [-0.4, -0.2) is 12.9 Å². The highest BCUT2D eigenvalue weighted by molar-refractivity contribution is 5.90. The molecule has 1 aliphatic carbocycles. The van der Waals surface area contributed by atoms with Crippen LogP contribution < -0.4 is 4.74 Å². The van der Waals surface area contributed by atoms with E-state index in [1.54, 1.807) is 7.11 Å². The summed E-state index contributed by atoms with van der Waals surface area (Å²) in [4.78, 5) is 12.7. The average Bonchev–Trinajstić information content (AvgIpc) is 2.50. The standard InChI is InChI=1S/C18H23NO2/c1-12-4-7-14(8-5-12)18(20)16(11-19)15-9-6-13(2)17(10-15)21-3/h6,9-10,12,14,16H,4-5,7-8H2,1-3H3. The van der Waals surface area contributed by atoms with Gasteiger partial charge in [-0.25, -0.2) is 0 Å². The lowest BCUT2D eigenvalue weighted by molar-refractivity contribution is -0.124. The van der Waals surface area contributed by atoms with E-state index in [4.69, 9.17) is 4.74 Å². The lowest BCUT2D eigenvalue weighted by Gasteiger charge is -2.26. The van der Waals surface area contributed by atoms with Crippen LogP contribution in [0.1, 0.15) is 49.7 Å². The van der Waals surface area contributed by atoms with Gasteiger partial charge in [-0.2, -0.15) is 5.26 Å². The van der Waals surface area contributed by atoms with Gasteiger partial charge < -0.3 is 4.74 Å². The second-order valence-electron chi connectivity index (χ2n) is 6.15. The zero-order valence-electron chi connectivity index (χ0n) is 13.1. The number of Topliss-reactive ketones (excluding diaryl/α,β-unsaturated/α-hetero) is 1. The molecule has 0 spiro atoms. The first kappa shape index (κ1) is 15.6. The summed E-state index contributed by atoms with van der Waals surface area (Å²) in [5.74, 6) is 0.887. The van der Waals surface area contributed by atoms with Gasteiger partial charge >= 0.3 is 0 Å². The van der Waals surface area contributed by atoms with Gasteiger partial charge in [0.05, 0.1) is 13.2 Å². The van der Waals surface area contributed by atoms with E-state index in [9.17, 15) is 10.1 Å². The maximum Gasteiger partial charge on any atom is 0.157 e. The van der Waals surface area contributed by atoms with Crippen molar-refractivity contribution in [1.29, 1.82) is 5.26 Å². The molecule has 1 aliphatic rings. The van der Waals surface area contributed by atoms with Gasteiger partial charge in [0.15, 0.2) is 5.78 Å². The molecule has 21 heavy (non-hydrogen) atoms. The van der Waals surface area contributed by atoms with E-state index in [1.807, 2.05) is 25.1 Å². The maximum atomic E-state index is 12.7. The Balaban J connectivity index is 2.19. The second kappa shape index (κ2) is 6.76. The molecule has 3 heteroatoms. The molecule has 1 aromatic rings. The smallest absolute Gasteiger partial charge is 0.157 e. The normalized spacial score (nSPS) is 23.1. The number of carbonyl (C=O) groups excluding carboxylic acids is 1. The molecule has 3 nitrogen and oxygen atoms in total. The molecule has 0 aromatic heterocycles. The Kier molecular flexibility index (Phi) is 5.01. The number of ketones is 1. The highest BCUT2D eigenvalue weighted by atomic mass is 16.5. The molecule has 1 saturated carbocycles. The van der Waals surface area contributed by atoms with E-state index in [-0.39, 0.29) is 11.7 Å². The number of nitrogens with zero attached hydrogens (tertiary/aromatic N) is 1. The van der Waals surface area contributed by atoms with Gasteiger partial charge in [-0.05, 0) is 42.9 Å². The van der Waals surface area contributed by atoms with Crippen molar-refractivity contribution in [2.24, 2.45) is 11.8 Å². The molecule has 0 N–H and O–H groups in total. The van der Waals surface area contributed by atoms with Crippen LogP contribution in [0, 0.1) is 30.1 Å². The molecule has 0 aliphatic heterocycles. The highest BCUT2D eigenvalue weighted by Crippen LogP contribution is 2.34. The van der Waals surface area contributed by atoms with Crippen molar-refractivity contribution in [1.82, 2.24) is 0 Å². The topological polar surface area (TPSA) is 50.1 Å². The molecule has 0 heterocycles. The fourth-order valence-electron chi connectivity index (χ4n) is 3.10. The first-order valence-electron chi connectivity index (χ1n) is 7.64. The molecule has 1 atom stereocenters. The maximum absolute atomic E-state index is 12.7. The number of aryl methyl sites for hydroxylation is 1. The zero-order valence-corrected chi connectivity index (χ0v) is 13.1. The number of carbonyl (C=O) groups is 1. The van der Waals surface area contributed by atoms with E-state index in [1.165, 1.54) is 0 Å². The Morgan fingerprint density at radius 3 is 2.57 bits per heavy atom. The molecule has 0 bridgehead atoms. The van der Waals surface area contributed by atoms with Crippen LogP contribution >= 0.6 is 0 Å². The van der Waals surface area contributed by atoms with Crippen LogP contribution in [0.3, 0.4) is 0 Å². The van der Waals surface area contributed by atoms with E-state index in [2.05, 4.69) is 13.0 Å². The summed E-state index contributed by atoms with van der Waals surface area (Å²) in [5.41, 5.74) is 1.76. The van der Waals surface area contributed by atoms with Crippen LogP contribution in [0.5, 0.6) is 5.75 Å². The van der Waals surface area contributed by atoms with Gasteiger partial charge in [0.1, 0.15) is 11.7 Å². The average molecular weight is 285 g/mol. The molecule has 1 aromatic carbocycles. The van der Waals surface area contributed by atoms with Gasteiger partial charge in [0, 0.05) is 5.92 Å². The first-order valence-corrected chi connectivity index (χ1v) is 7.64. The number of rotatable bonds is 4. The molecular formula is C18H23NO2. The summed E-state index contributed by atoms with van der Waals surface area (Å²) in [6.07, 6.45) is 4.01. The van der Waals surface area contributed by atoms with Crippen LogP contribution in [0.25, 0.3) is 0 Å². The molecule has 0 radical (unpaired) electrons. The summed E-state index contributed by atoms with van der Waals surface area (Å²) in [6.45, 7) is 4.18. The minimum absolute atomic E-state index is 0.0400. The third kappa shape index (κ3) is 3.44. The Bertz CT molecular complexity index is 551. The first-order chi connectivity index (χ1) is 10.1. The number of hydrogen-bond donors (Lipinski definition) is 0. The lowest BCUT2D eigenvalue weighted by Crippen LogP contribution is -2.25. The van der Waals surface area contributed by atoms with E-state index < -0.39 is 5.92 Å². The highest BCUT2D eigenvalue weighted by Gasteiger charge is 2.31. The third-order valence-electron chi connectivity index (χ3n) is 4.60. The van der Waals surface area contributed by atoms with E-state index in [0.29, 0.717) is 5.92 Å². The third-order valence-corrected chi connectivity index (χ3v) is 4.60. The van der Waals surface area contributed by atoms with Crippen LogP contribution in [0.4, 0.5) is 0 Å². The number of hydrogen-bond acceptors (Lipinski definition) is 3. The molecular weight excluding hydrogens is 262 g/mol. The van der Waals surface area contributed by atoms with Gasteiger partial charge in [0.2, 0.25) is 0 Å². The molecule has 112 valence electrons. The molecule has 1 fully saturated rings. The quantitative estimate of drug-likeness (QED) is 0.840. The molecule has 0 amide bonds. The Morgan fingerprint density at radius 2 is 2.00 bits per heavy atom. The van der Waals surface area contributed by atoms with Crippen molar-refractivity contribution in [2.75, 3.05) is 7.11 Å². The van der Waals surface area contributed by atoms with Crippen LogP contribution in [0.2, 0.25) is 0 Å². The fourth-order valence-corrected chi connectivity index (χ4v) is 3.10. The molecule has 0 saturated heterocycles. The summed E-state index contributed by atoms with van der Waals surface area (Å²) in [5, 5.41) is 9.45. The molecule has 2 rings (SSSR count). The number of benzene rings is 1. The predicted octanol–water partition coefficient (Wildman–Crippen LogP) is 4.01. The largest absolute Gasteiger partial charge is 0.496 e. The SMILES string of the molecule is COc1cc(C(C#N)C(=O)C2CCC(C)CC2)ccc1C. The van der Waals surface area contributed by atoms with Crippen molar-refractivity contribution in [3.05, 3.63) is 29.3 Å². The van der Waals surface area contributed by atoms with Crippen LogP contribution in [-0.2, 0) is 4.79 Å². The Morgan fingerprint density at radius 1 is 1.33 bits per heavy atom. The van der Waals surface area contributed by atoms with Gasteiger partial charge in [-0.3, -0.25) is 4.79 Å².